The summed E-state index contributed by atoms with van der Waals surface area (Å²) in [5.74, 6) is 1.20. The first-order valence-corrected chi connectivity index (χ1v) is 8.56. The molecule has 0 radical (unpaired) electrons. The Labute approximate surface area is 131 Å². The van der Waals surface area contributed by atoms with Crippen molar-refractivity contribution in [1.29, 1.82) is 0 Å². The van der Waals surface area contributed by atoms with Gasteiger partial charge in [-0.15, -0.1) is 0 Å². The third kappa shape index (κ3) is 5.61. The predicted molar refractivity (Wildman–Crippen MR) is 90.0 cm³/mol. The largest absolute Gasteiger partial charge is 0.353 e. The van der Waals surface area contributed by atoms with E-state index < -0.39 is 0 Å². The van der Waals surface area contributed by atoms with E-state index in [0.717, 1.165) is 25.2 Å². The summed E-state index contributed by atoms with van der Waals surface area (Å²) in [7, 11) is 0. The normalized spacial score (nSPS) is 25.5. The van der Waals surface area contributed by atoms with Gasteiger partial charge in [0.25, 0.3) is 0 Å². The van der Waals surface area contributed by atoms with Crippen LogP contribution in [0.15, 0.2) is 0 Å². The molecule has 1 amide bonds. The van der Waals surface area contributed by atoms with E-state index in [-0.39, 0.29) is 23.3 Å². The van der Waals surface area contributed by atoms with E-state index in [1.807, 2.05) is 0 Å². The number of rotatable bonds is 4. The monoisotopic (exact) mass is 296 g/mol. The summed E-state index contributed by atoms with van der Waals surface area (Å²) < 4.78 is 0. The summed E-state index contributed by atoms with van der Waals surface area (Å²) in [5.41, 5.74) is 6.13. The summed E-state index contributed by atoms with van der Waals surface area (Å²) in [6.45, 7) is 14.1. The molecule has 21 heavy (non-hydrogen) atoms. The summed E-state index contributed by atoms with van der Waals surface area (Å²) in [6.07, 6.45) is 5.28. The Hall–Kier alpha value is -0.570. The van der Waals surface area contributed by atoms with E-state index in [1.54, 1.807) is 0 Å². The van der Waals surface area contributed by atoms with Crippen LogP contribution in [-0.2, 0) is 4.79 Å². The molecule has 124 valence electrons. The number of hydrogen-bond acceptors (Lipinski definition) is 2. The third-order valence-corrected chi connectivity index (χ3v) is 5.14. The van der Waals surface area contributed by atoms with Gasteiger partial charge in [0.05, 0.1) is 0 Å². The molecule has 1 rings (SSSR count). The lowest BCUT2D eigenvalue weighted by atomic mass is 9.69. The third-order valence-electron chi connectivity index (χ3n) is 5.14. The van der Waals surface area contributed by atoms with Crippen molar-refractivity contribution in [2.75, 3.05) is 6.54 Å². The minimum atomic E-state index is 0.0671. The molecule has 0 bridgehead atoms. The van der Waals surface area contributed by atoms with Crippen molar-refractivity contribution in [1.82, 2.24) is 5.32 Å². The summed E-state index contributed by atoms with van der Waals surface area (Å²) in [5, 5.41) is 3.26. The smallest absolute Gasteiger partial charge is 0.223 e. The summed E-state index contributed by atoms with van der Waals surface area (Å²) in [4.78, 5) is 12.5. The van der Waals surface area contributed by atoms with Gasteiger partial charge in [0.15, 0.2) is 0 Å². The molecular formula is C18H36N2O. The van der Waals surface area contributed by atoms with Gasteiger partial charge in [-0.05, 0) is 55.4 Å². The number of carbonyl (C=O) groups is 1. The van der Waals surface area contributed by atoms with Crippen molar-refractivity contribution >= 4 is 5.91 Å². The number of carbonyl (C=O) groups excluding carboxylic acids is 1. The molecule has 0 saturated heterocycles. The Morgan fingerprint density at radius 2 is 1.62 bits per heavy atom. The lowest BCUT2D eigenvalue weighted by Gasteiger charge is -2.38. The Morgan fingerprint density at radius 1 is 1.10 bits per heavy atom. The lowest BCUT2D eigenvalue weighted by Crippen LogP contribution is -2.47. The first kappa shape index (κ1) is 18.5. The average molecular weight is 296 g/mol. The van der Waals surface area contributed by atoms with E-state index in [9.17, 15) is 4.79 Å². The molecule has 0 spiro atoms. The molecule has 3 nitrogen and oxygen atoms in total. The first-order chi connectivity index (χ1) is 9.55. The molecular weight excluding hydrogens is 260 g/mol. The fourth-order valence-corrected chi connectivity index (χ4v) is 3.40. The molecule has 1 aliphatic carbocycles. The van der Waals surface area contributed by atoms with Crippen molar-refractivity contribution in [2.24, 2.45) is 28.4 Å². The predicted octanol–water partition coefficient (Wildman–Crippen LogP) is 3.72. The number of amides is 1. The first-order valence-electron chi connectivity index (χ1n) is 8.56. The molecule has 0 aromatic rings. The van der Waals surface area contributed by atoms with Crippen molar-refractivity contribution < 1.29 is 4.79 Å². The zero-order valence-corrected chi connectivity index (χ0v) is 15.0. The zero-order valence-electron chi connectivity index (χ0n) is 15.0. The fraction of sp³-hybridized carbons (Fsp3) is 0.944. The Morgan fingerprint density at radius 3 is 2.00 bits per heavy atom. The second-order valence-electron chi connectivity index (χ2n) is 8.92. The van der Waals surface area contributed by atoms with E-state index in [1.165, 1.54) is 12.8 Å². The van der Waals surface area contributed by atoms with Crippen LogP contribution >= 0.6 is 0 Å². The van der Waals surface area contributed by atoms with Crippen LogP contribution in [0.3, 0.4) is 0 Å². The molecule has 1 atom stereocenters. The molecule has 3 heteroatoms. The van der Waals surface area contributed by atoms with Crippen LogP contribution in [0.4, 0.5) is 0 Å². The average Bonchev–Trinajstić information content (AvgIpc) is 2.36. The van der Waals surface area contributed by atoms with Gasteiger partial charge in [0, 0.05) is 12.0 Å². The minimum absolute atomic E-state index is 0.0671. The van der Waals surface area contributed by atoms with Crippen LogP contribution in [0, 0.1) is 22.7 Å². The highest BCUT2D eigenvalue weighted by atomic mass is 16.1. The summed E-state index contributed by atoms with van der Waals surface area (Å²) >= 11 is 0. The van der Waals surface area contributed by atoms with Gasteiger partial charge >= 0.3 is 0 Å². The van der Waals surface area contributed by atoms with Crippen molar-refractivity contribution in [3.63, 3.8) is 0 Å². The highest BCUT2D eigenvalue weighted by Crippen LogP contribution is 2.40. The quantitative estimate of drug-likeness (QED) is 0.830. The maximum atomic E-state index is 12.5. The molecule has 1 fully saturated rings. The highest BCUT2D eigenvalue weighted by Gasteiger charge is 2.34. The second-order valence-corrected chi connectivity index (χ2v) is 8.92. The molecule has 1 aliphatic rings. The van der Waals surface area contributed by atoms with Crippen LogP contribution in [0.2, 0.25) is 0 Å². The van der Waals surface area contributed by atoms with Crippen LogP contribution in [0.25, 0.3) is 0 Å². The zero-order chi connectivity index (χ0) is 16.3. The van der Waals surface area contributed by atoms with Crippen LogP contribution in [0.5, 0.6) is 0 Å². The van der Waals surface area contributed by atoms with Crippen LogP contribution in [-0.4, -0.2) is 18.5 Å². The molecule has 1 saturated carbocycles. The fourth-order valence-electron chi connectivity index (χ4n) is 3.40. The van der Waals surface area contributed by atoms with Gasteiger partial charge in [-0.2, -0.15) is 0 Å². The molecule has 0 aromatic carbocycles. The van der Waals surface area contributed by atoms with Gasteiger partial charge < -0.3 is 11.1 Å². The van der Waals surface area contributed by atoms with Crippen molar-refractivity contribution in [3.05, 3.63) is 0 Å². The number of hydrogen-bond donors (Lipinski definition) is 2. The SMILES string of the molecule is CC(C)(C)C1CCC(C(=O)NC(CCN)C(C)(C)C)CC1. The van der Waals surface area contributed by atoms with Crippen molar-refractivity contribution in [3.8, 4) is 0 Å². The molecule has 3 N–H and O–H groups in total. The van der Waals surface area contributed by atoms with Crippen LogP contribution in [0.1, 0.15) is 73.6 Å². The Balaban J connectivity index is 2.54. The van der Waals surface area contributed by atoms with Crippen LogP contribution < -0.4 is 11.1 Å². The minimum Gasteiger partial charge on any atom is -0.353 e. The van der Waals surface area contributed by atoms with E-state index >= 15 is 0 Å². The Kier molecular flexibility index (Phi) is 6.27. The van der Waals surface area contributed by atoms with Gasteiger partial charge in [-0.3, -0.25) is 4.79 Å². The Bertz CT molecular complexity index is 330. The topological polar surface area (TPSA) is 55.1 Å². The number of nitrogens with two attached hydrogens (primary N) is 1. The molecule has 0 aromatic heterocycles. The van der Waals surface area contributed by atoms with Gasteiger partial charge in [0.2, 0.25) is 5.91 Å². The lowest BCUT2D eigenvalue weighted by molar-refractivity contribution is -0.128. The van der Waals surface area contributed by atoms with Gasteiger partial charge in [-0.25, -0.2) is 0 Å². The van der Waals surface area contributed by atoms with E-state index in [0.29, 0.717) is 12.0 Å². The molecule has 1 unspecified atom stereocenters. The standard InChI is InChI=1S/C18H36N2O/c1-17(2,3)14-9-7-13(8-10-14)16(21)20-15(11-12-19)18(4,5)6/h13-15H,7-12,19H2,1-6H3,(H,20,21). The highest BCUT2D eigenvalue weighted by molar-refractivity contribution is 5.79. The van der Waals surface area contributed by atoms with Gasteiger partial charge in [0.1, 0.15) is 0 Å². The molecule has 0 heterocycles. The van der Waals surface area contributed by atoms with E-state index in [2.05, 4.69) is 46.9 Å². The van der Waals surface area contributed by atoms with Crippen molar-refractivity contribution in [2.45, 2.75) is 79.7 Å². The molecule has 0 aliphatic heterocycles. The number of nitrogens with one attached hydrogen (secondary N) is 1. The maximum Gasteiger partial charge on any atom is 0.223 e. The van der Waals surface area contributed by atoms with E-state index in [4.69, 9.17) is 5.73 Å². The second kappa shape index (κ2) is 7.13. The maximum absolute atomic E-state index is 12.5. The summed E-state index contributed by atoms with van der Waals surface area (Å²) in [6, 6.07) is 0.176. The van der Waals surface area contributed by atoms with Gasteiger partial charge in [-0.1, -0.05) is 41.5 Å².